The lowest BCUT2D eigenvalue weighted by Gasteiger charge is -2.01. The second-order valence-electron chi connectivity index (χ2n) is 2.96. The zero-order chi connectivity index (χ0) is 9.47. The van der Waals surface area contributed by atoms with Gasteiger partial charge >= 0.3 is 0 Å². The van der Waals surface area contributed by atoms with E-state index < -0.39 is 10.0 Å². The Kier molecular flexibility index (Phi) is 1.81. The molecule has 0 saturated carbocycles. The van der Waals surface area contributed by atoms with E-state index in [1.165, 1.54) is 16.7 Å². The van der Waals surface area contributed by atoms with Crippen molar-refractivity contribution >= 4 is 10.0 Å². The number of aromatic nitrogens is 2. The van der Waals surface area contributed by atoms with E-state index in [-0.39, 0.29) is 11.2 Å². The Morgan fingerprint density at radius 2 is 2.00 bits per heavy atom. The minimum Gasteiger partial charge on any atom is -0.226 e. The third kappa shape index (κ3) is 1.42. The van der Waals surface area contributed by atoms with Crippen molar-refractivity contribution in [3.63, 3.8) is 0 Å². The van der Waals surface area contributed by atoms with Crippen LogP contribution in [0.25, 0.3) is 0 Å². The van der Waals surface area contributed by atoms with Crippen LogP contribution in [0.2, 0.25) is 0 Å². The van der Waals surface area contributed by atoms with Crippen molar-refractivity contribution in [1.82, 2.24) is 14.3 Å². The third-order valence-electron chi connectivity index (χ3n) is 1.88. The van der Waals surface area contributed by atoms with Crippen LogP contribution in [0, 0.1) is 0 Å². The van der Waals surface area contributed by atoms with Crippen LogP contribution >= 0.6 is 0 Å². The molecule has 0 amide bonds. The molecule has 70 valence electrons. The molecule has 13 heavy (non-hydrogen) atoms. The quantitative estimate of drug-likeness (QED) is 0.491. The Labute approximate surface area is 76.5 Å². The first-order chi connectivity index (χ1) is 6.12. The van der Waals surface area contributed by atoms with Gasteiger partial charge in [-0.15, -0.1) is 0 Å². The van der Waals surface area contributed by atoms with Gasteiger partial charge in [0.1, 0.15) is 0 Å². The van der Waals surface area contributed by atoms with E-state index in [0.717, 1.165) is 0 Å². The van der Waals surface area contributed by atoms with E-state index in [1.807, 2.05) is 6.92 Å². The summed E-state index contributed by atoms with van der Waals surface area (Å²) in [5, 5.41) is -0.112. The van der Waals surface area contributed by atoms with Gasteiger partial charge in [-0.05, 0) is 13.0 Å². The van der Waals surface area contributed by atoms with Crippen LogP contribution in [-0.4, -0.2) is 35.3 Å². The molecule has 1 aliphatic rings. The van der Waals surface area contributed by atoms with Crippen LogP contribution < -0.4 is 0 Å². The van der Waals surface area contributed by atoms with Gasteiger partial charge in [0.2, 0.25) is 0 Å². The van der Waals surface area contributed by atoms with Crippen molar-refractivity contribution in [1.29, 1.82) is 0 Å². The molecule has 1 saturated heterocycles. The first-order valence-corrected chi connectivity index (χ1v) is 5.35. The number of hydrogen-bond acceptors (Lipinski definition) is 4. The molecule has 6 heteroatoms. The smallest absolute Gasteiger partial charge is 0.226 e. The van der Waals surface area contributed by atoms with E-state index in [2.05, 4.69) is 9.97 Å². The molecule has 2 heterocycles. The number of hydrogen-bond donors (Lipinski definition) is 0. The summed E-state index contributed by atoms with van der Waals surface area (Å²) in [5.74, 6) is 0. The van der Waals surface area contributed by atoms with E-state index in [4.69, 9.17) is 0 Å². The molecule has 0 aromatic carbocycles. The summed E-state index contributed by atoms with van der Waals surface area (Å²) in [4.78, 5) is 7.41. The van der Waals surface area contributed by atoms with Crippen molar-refractivity contribution in [2.24, 2.45) is 0 Å². The summed E-state index contributed by atoms with van der Waals surface area (Å²) in [6, 6.07) is 1.68. The van der Waals surface area contributed by atoms with Crippen LogP contribution in [0.15, 0.2) is 23.6 Å². The van der Waals surface area contributed by atoms with Crippen molar-refractivity contribution in [3.8, 4) is 0 Å². The summed E-state index contributed by atoms with van der Waals surface area (Å²) in [6.45, 7) is 2.42. The summed E-state index contributed by atoms with van der Waals surface area (Å²) >= 11 is 0. The largest absolute Gasteiger partial charge is 0.279 e. The lowest BCUT2D eigenvalue weighted by Crippen LogP contribution is -2.16. The van der Waals surface area contributed by atoms with E-state index in [0.29, 0.717) is 6.54 Å². The van der Waals surface area contributed by atoms with Crippen molar-refractivity contribution in [2.45, 2.75) is 18.1 Å². The fourth-order valence-electron chi connectivity index (χ4n) is 1.07. The zero-order valence-corrected chi connectivity index (χ0v) is 7.90. The second-order valence-corrected chi connectivity index (χ2v) is 4.74. The highest BCUT2D eigenvalue weighted by Crippen LogP contribution is 2.24. The average molecular weight is 199 g/mol. The normalized spacial score (nSPS) is 27.2. The summed E-state index contributed by atoms with van der Waals surface area (Å²) in [6.07, 6.45) is 2.85. The Balaban J connectivity index is 2.36. The van der Waals surface area contributed by atoms with Crippen molar-refractivity contribution < 1.29 is 8.42 Å². The third-order valence-corrected chi connectivity index (χ3v) is 3.68. The fourth-order valence-corrected chi connectivity index (χ4v) is 2.56. The van der Waals surface area contributed by atoms with Gasteiger partial charge in [0, 0.05) is 25.0 Å². The minimum atomic E-state index is -3.40. The maximum absolute atomic E-state index is 11.6. The number of rotatable bonds is 2. The zero-order valence-electron chi connectivity index (χ0n) is 7.08. The molecule has 1 unspecified atom stereocenters. The van der Waals surface area contributed by atoms with Gasteiger partial charge in [-0.3, -0.25) is 0 Å². The molecule has 0 bridgehead atoms. The van der Waals surface area contributed by atoms with E-state index in [9.17, 15) is 8.42 Å². The summed E-state index contributed by atoms with van der Waals surface area (Å²) in [7, 11) is -3.40. The summed E-state index contributed by atoms with van der Waals surface area (Å²) < 4.78 is 24.6. The molecular weight excluding hydrogens is 190 g/mol. The number of sulfonamides is 1. The molecule has 1 fully saturated rings. The molecule has 0 aliphatic carbocycles. The molecule has 0 N–H and O–H groups in total. The Morgan fingerprint density at radius 1 is 1.46 bits per heavy atom. The molecule has 2 atom stereocenters. The van der Waals surface area contributed by atoms with Gasteiger partial charge in [0.25, 0.3) is 15.2 Å². The van der Waals surface area contributed by atoms with Gasteiger partial charge in [-0.1, -0.05) is 0 Å². The average Bonchev–Trinajstić information content (AvgIpc) is 2.85. The minimum absolute atomic E-state index is 0.0915. The van der Waals surface area contributed by atoms with Crippen LogP contribution in [0.3, 0.4) is 0 Å². The lowest BCUT2D eigenvalue weighted by molar-refractivity contribution is 0.545. The van der Waals surface area contributed by atoms with Crippen LogP contribution in [0.1, 0.15) is 6.92 Å². The van der Waals surface area contributed by atoms with Crippen molar-refractivity contribution in [3.05, 3.63) is 18.5 Å². The first kappa shape index (κ1) is 8.58. The molecule has 0 spiro atoms. The topological polar surface area (TPSA) is 62.9 Å². The molecular formula is C7H9N3O2S. The molecule has 1 aliphatic heterocycles. The monoisotopic (exact) mass is 199 g/mol. The van der Waals surface area contributed by atoms with Gasteiger partial charge in [-0.25, -0.2) is 18.4 Å². The van der Waals surface area contributed by atoms with E-state index >= 15 is 0 Å². The highest BCUT2D eigenvalue weighted by molar-refractivity contribution is 7.89. The molecule has 5 nitrogen and oxygen atoms in total. The standard InChI is InChI=1S/C7H9N3O2S/c1-6-5-10(6)13(11,12)7-8-3-2-4-9-7/h2-4,6H,5H2,1H3/t6-,10?/m1/s1. The summed E-state index contributed by atoms with van der Waals surface area (Å²) in [5.41, 5.74) is 0. The van der Waals surface area contributed by atoms with Gasteiger partial charge in [-0.2, -0.15) is 4.31 Å². The highest BCUT2D eigenvalue weighted by Gasteiger charge is 2.42. The number of nitrogens with zero attached hydrogens (tertiary/aromatic N) is 3. The molecule has 1 aromatic heterocycles. The molecule has 1 aromatic rings. The van der Waals surface area contributed by atoms with E-state index in [1.54, 1.807) is 6.07 Å². The predicted molar refractivity (Wildman–Crippen MR) is 45.4 cm³/mol. The van der Waals surface area contributed by atoms with Gasteiger partial charge < -0.3 is 0 Å². The lowest BCUT2D eigenvalue weighted by atomic mass is 10.6. The molecule has 0 radical (unpaired) electrons. The maximum atomic E-state index is 11.6. The van der Waals surface area contributed by atoms with Crippen LogP contribution in [-0.2, 0) is 10.0 Å². The highest BCUT2D eigenvalue weighted by atomic mass is 32.2. The second kappa shape index (κ2) is 2.74. The van der Waals surface area contributed by atoms with Gasteiger partial charge in [0.15, 0.2) is 0 Å². The Hall–Kier alpha value is -1.01. The van der Waals surface area contributed by atoms with Gasteiger partial charge in [0.05, 0.1) is 0 Å². The SMILES string of the molecule is C[C@@H]1CN1S(=O)(=O)c1ncccn1. The molecule has 2 rings (SSSR count). The Morgan fingerprint density at radius 3 is 2.46 bits per heavy atom. The maximum Gasteiger partial charge on any atom is 0.279 e. The van der Waals surface area contributed by atoms with Crippen molar-refractivity contribution in [2.75, 3.05) is 6.54 Å². The Bertz CT molecular complexity index is 403. The predicted octanol–water partition coefficient (Wildman–Crippen LogP) is -0.131. The fraction of sp³-hybridized carbons (Fsp3) is 0.429. The van der Waals surface area contributed by atoms with Crippen LogP contribution in [0.5, 0.6) is 0 Å². The first-order valence-electron chi connectivity index (χ1n) is 3.91. The van der Waals surface area contributed by atoms with Crippen LogP contribution in [0.4, 0.5) is 0 Å².